The monoisotopic (exact) mass is 370 g/mol. The average molecular weight is 370 g/mol. The Morgan fingerprint density at radius 2 is 2.04 bits per heavy atom. The van der Waals surface area contributed by atoms with E-state index < -0.39 is 5.60 Å². The Bertz CT molecular complexity index is 839. The molecule has 2 N–H and O–H groups in total. The van der Waals surface area contributed by atoms with Crippen LogP contribution in [0, 0.1) is 17.8 Å². The number of fused-ring (bicyclic) bond motifs is 2. The molecule has 2 aliphatic rings. The maximum absolute atomic E-state index is 12.7. The molecule has 27 heavy (non-hydrogen) atoms. The molecule has 1 aromatic carbocycles. The number of likely N-dealkylation sites (tertiary alicyclic amines) is 1. The quantitative estimate of drug-likeness (QED) is 0.819. The number of carbonyl (C=O) groups excluding carboxylic acids is 1. The van der Waals surface area contributed by atoms with Crippen LogP contribution in [0.4, 0.5) is 0 Å². The van der Waals surface area contributed by atoms with Crippen LogP contribution in [0.1, 0.15) is 44.1 Å². The van der Waals surface area contributed by atoms with E-state index in [-0.39, 0.29) is 11.9 Å². The molecule has 2 fully saturated rings. The molecule has 1 aliphatic carbocycles. The van der Waals surface area contributed by atoms with Crippen LogP contribution in [0.2, 0.25) is 0 Å². The molecule has 2 aromatic rings. The van der Waals surface area contributed by atoms with Crippen LogP contribution >= 0.6 is 0 Å². The van der Waals surface area contributed by atoms with Gasteiger partial charge in [0.05, 0.1) is 11.2 Å². The lowest BCUT2D eigenvalue weighted by molar-refractivity contribution is 0.0389. The molecule has 4 rings (SSSR count). The third-order valence-electron chi connectivity index (χ3n) is 5.88. The summed E-state index contributed by atoms with van der Waals surface area (Å²) in [6, 6.07) is 6.05. The average Bonchev–Trinajstić information content (AvgIpc) is 2.95. The number of aromatic nitrogens is 2. The summed E-state index contributed by atoms with van der Waals surface area (Å²) in [6.45, 7) is 11.4. The molecule has 2 unspecified atom stereocenters. The molecule has 1 aliphatic heterocycles. The van der Waals surface area contributed by atoms with Gasteiger partial charge in [0, 0.05) is 43.8 Å². The van der Waals surface area contributed by atoms with Gasteiger partial charge in [-0.1, -0.05) is 12.1 Å². The summed E-state index contributed by atoms with van der Waals surface area (Å²) >= 11 is 0. The van der Waals surface area contributed by atoms with E-state index in [0.717, 1.165) is 37.1 Å². The van der Waals surface area contributed by atoms with Gasteiger partial charge < -0.3 is 10.4 Å². The summed E-state index contributed by atoms with van der Waals surface area (Å²) in [4.78, 5) is 15.1. The number of nitrogens with zero attached hydrogens (tertiary/aromatic N) is 3. The molecule has 2 heterocycles. The van der Waals surface area contributed by atoms with Crippen LogP contribution in [0.3, 0.4) is 0 Å². The molecule has 6 heteroatoms. The number of hydrogen-bond donors (Lipinski definition) is 2. The van der Waals surface area contributed by atoms with E-state index in [0.29, 0.717) is 23.3 Å². The minimum Gasteiger partial charge on any atom is -0.389 e. The molecule has 0 radical (unpaired) electrons. The van der Waals surface area contributed by atoms with Crippen molar-refractivity contribution in [3.63, 3.8) is 0 Å². The third-order valence-corrected chi connectivity index (χ3v) is 5.88. The van der Waals surface area contributed by atoms with Crippen LogP contribution in [-0.2, 0) is 0 Å². The van der Waals surface area contributed by atoms with Crippen LogP contribution in [0.15, 0.2) is 24.4 Å². The lowest BCUT2D eigenvalue weighted by atomic mass is 10.1. The van der Waals surface area contributed by atoms with Crippen LogP contribution in [-0.4, -0.2) is 57.5 Å². The Hall–Kier alpha value is -1.92. The van der Waals surface area contributed by atoms with Gasteiger partial charge in [0.1, 0.15) is 5.52 Å². The van der Waals surface area contributed by atoms with E-state index >= 15 is 0 Å². The summed E-state index contributed by atoms with van der Waals surface area (Å²) < 4.78 is 1.91. The van der Waals surface area contributed by atoms with E-state index in [2.05, 4.69) is 29.2 Å². The first-order chi connectivity index (χ1) is 12.7. The van der Waals surface area contributed by atoms with Crippen LogP contribution < -0.4 is 5.32 Å². The van der Waals surface area contributed by atoms with Gasteiger partial charge in [-0.05, 0) is 51.5 Å². The van der Waals surface area contributed by atoms with Gasteiger partial charge in [-0.25, -0.2) is 0 Å². The molecule has 1 saturated heterocycles. The topological polar surface area (TPSA) is 70.4 Å². The van der Waals surface area contributed by atoms with Gasteiger partial charge in [-0.15, -0.1) is 0 Å². The normalized spacial score (nSPS) is 25.2. The number of aliphatic hydroxyl groups is 1. The highest BCUT2D eigenvalue weighted by Gasteiger charge is 2.55. The minimum absolute atomic E-state index is 0.0343. The van der Waals surface area contributed by atoms with Gasteiger partial charge in [0.2, 0.25) is 0 Å². The van der Waals surface area contributed by atoms with E-state index in [1.807, 2.05) is 42.9 Å². The largest absolute Gasteiger partial charge is 0.389 e. The first kappa shape index (κ1) is 18.4. The smallest absolute Gasteiger partial charge is 0.253 e. The zero-order valence-corrected chi connectivity index (χ0v) is 16.6. The number of β-amino-alcohol motifs (C(OH)–C–C–N with tert-alkyl or cyclic N) is 1. The molecular weight excluding hydrogens is 340 g/mol. The molecule has 1 amide bonds. The predicted octanol–water partition coefficient (Wildman–Crippen LogP) is 2.30. The lowest BCUT2D eigenvalue weighted by Gasteiger charge is -2.27. The lowest BCUT2D eigenvalue weighted by Crippen LogP contribution is -2.39. The van der Waals surface area contributed by atoms with Gasteiger partial charge in [-0.3, -0.25) is 14.4 Å². The second-order valence-electron chi connectivity index (χ2n) is 9.15. The maximum atomic E-state index is 12.7. The second kappa shape index (κ2) is 6.60. The van der Waals surface area contributed by atoms with Crippen LogP contribution in [0.25, 0.3) is 10.9 Å². The second-order valence-corrected chi connectivity index (χ2v) is 9.15. The Kier molecular flexibility index (Phi) is 4.51. The number of hydrogen-bond acceptors (Lipinski definition) is 4. The Morgan fingerprint density at radius 1 is 1.33 bits per heavy atom. The van der Waals surface area contributed by atoms with Crippen molar-refractivity contribution in [3.05, 3.63) is 30.0 Å². The number of nitrogens with one attached hydrogen (secondary N) is 1. The molecule has 0 spiro atoms. The Balaban J connectivity index is 1.35. The van der Waals surface area contributed by atoms with Gasteiger partial charge >= 0.3 is 0 Å². The van der Waals surface area contributed by atoms with Gasteiger partial charge in [0.15, 0.2) is 0 Å². The zero-order valence-electron chi connectivity index (χ0n) is 16.6. The first-order valence-corrected chi connectivity index (χ1v) is 9.94. The summed E-state index contributed by atoms with van der Waals surface area (Å²) in [5.41, 5.74) is 0.788. The fraction of sp³-hybridized carbons (Fsp3) is 0.619. The SMILES string of the molecule is CC(C)n1cc2cccc(C(=O)NCC3C4CN(CC(C)(C)O)CC34)c2n1. The van der Waals surface area contributed by atoms with Crippen molar-refractivity contribution in [3.8, 4) is 0 Å². The summed E-state index contributed by atoms with van der Waals surface area (Å²) in [5.74, 6) is 1.85. The van der Waals surface area contributed by atoms with Crippen molar-refractivity contribution in [1.29, 1.82) is 0 Å². The van der Waals surface area contributed by atoms with Crippen molar-refractivity contribution in [1.82, 2.24) is 20.0 Å². The molecule has 1 aromatic heterocycles. The summed E-state index contributed by atoms with van der Waals surface area (Å²) in [7, 11) is 0. The van der Waals surface area contributed by atoms with E-state index in [9.17, 15) is 9.90 Å². The number of piperidine rings is 1. The molecule has 146 valence electrons. The molecule has 0 bridgehead atoms. The van der Waals surface area contributed by atoms with E-state index in [1.165, 1.54) is 0 Å². The standard InChI is InChI=1S/C21H30N4O2/c1-13(2)25-9-14-6-5-7-15(19(14)23-25)20(26)22-8-16-17-10-24(11-18(16)17)12-21(3,4)27/h5-7,9,13,16-18,27H,8,10-12H2,1-4H3,(H,22,26). The number of benzene rings is 1. The van der Waals surface area contributed by atoms with Crippen molar-refractivity contribution in [2.24, 2.45) is 17.8 Å². The van der Waals surface area contributed by atoms with E-state index in [4.69, 9.17) is 0 Å². The third kappa shape index (κ3) is 3.73. The fourth-order valence-electron chi connectivity index (χ4n) is 4.53. The molecule has 1 saturated carbocycles. The molecular formula is C21H30N4O2. The van der Waals surface area contributed by atoms with Gasteiger partial charge in [-0.2, -0.15) is 5.10 Å². The summed E-state index contributed by atoms with van der Waals surface area (Å²) in [5, 5.41) is 18.7. The van der Waals surface area contributed by atoms with E-state index in [1.54, 1.807) is 0 Å². The highest BCUT2D eigenvalue weighted by molar-refractivity contribution is 6.05. The number of amides is 1. The Labute approximate surface area is 160 Å². The highest BCUT2D eigenvalue weighted by atomic mass is 16.3. The predicted molar refractivity (Wildman–Crippen MR) is 106 cm³/mol. The zero-order chi connectivity index (χ0) is 19.3. The fourth-order valence-corrected chi connectivity index (χ4v) is 4.53. The molecule has 2 atom stereocenters. The number of carbonyl (C=O) groups is 1. The van der Waals surface area contributed by atoms with Crippen molar-refractivity contribution in [2.45, 2.75) is 39.3 Å². The maximum Gasteiger partial charge on any atom is 0.253 e. The first-order valence-electron chi connectivity index (χ1n) is 9.94. The van der Waals surface area contributed by atoms with Gasteiger partial charge in [0.25, 0.3) is 5.91 Å². The minimum atomic E-state index is -0.640. The van der Waals surface area contributed by atoms with Crippen molar-refractivity contribution >= 4 is 16.8 Å². The number of rotatable bonds is 6. The molecule has 6 nitrogen and oxygen atoms in total. The Morgan fingerprint density at radius 3 is 2.67 bits per heavy atom. The van der Waals surface area contributed by atoms with Crippen LogP contribution in [0.5, 0.6) is 0 Å². The highest BCUT2D eigenvalue weighted by Crippen LogP contribution is 2.51. The van der Waals surface area contributed by atoms with Crippen molar-refractivity contribution < 1.29 is 9.90 Å². The summed E-state index contributed by atoms with van der Waals surface area (Å²) in [6.07, 6.45) is 2.00. The van der Waals surface area contributed by atoms with Crippen molar-refractivity contribution in [2.75, 3.05) is 26.2 Å².